The van der Waals surface area contributed by atoms with Crippen LogP contribution in [0.25, 0.3) is 11.0 Å². The normalized spacial score (nSPS) is 19.0. The maximum Gasteiger partial charge on any atom is 0.246 e. The van der Waals surface area contributed by atoms with Crippen LogP contribution in [-0.2, 0) is 10.0 Å². The molecule has 1 fully saturated rings. The summed E-state index contributed by atoms with van der Waals surface area (Å²) in [7, 11) is -3.58. The van der Waals surface area contributed by atoms with Gasteiger partial charge in [0, 0.05) is 25.0 Å². The number of benzene rings is 1. The number of hydrogen-bond acceptors (Lipinski definition) is 4. The number of imidazole rings is 1. The first-order chi connectivity index (χ1) is 13.3. The lowest BCUT2D eigenvalue weighted by molar-refractivity contribution is 0.303. The summed E-state index contributed by atoms with van der Waals surface area (Å²) in [4.78, 5) is 5.21. The Kier molecular flexibility index (Phi) is 4.79. The van der Waals surface area contributed by atoms with Crippen LogP contribution in [-0.4, -0.2) is 45.6 Å². The van der Waals surface area contributed by atoms with Crippen molar-refractivity contribution in [2.24, 2.45) is 0 Å². The Bertz CT molecular complexity index is 1090. The molecule has 0 unspecified atom stereocenters. The molecule has 2 aromatic heterocycles. The van der Waals surface area contributed by atoms with Crippen LogP contribution in [0.1, 0.15) is 55.9 Å². The van der Waals surface area contributed by atoms with E-state index in [1.54, 1.807) is 18.2 Å². The molecule has 1 atom stereocenters. The molecule has 0 saturated carbocycles. The number of H-pyrrole nitrogens is 1. The number of aromatic amines is 1. The van der Waals surface area contributed by atoms with E-state index in [4.69, 9.17) is 4.98 Å². The second kappa shape index (κ2) is 7.00. The molecule has 0 amide bonds. The number of para-hydroxylation sites is 2. The van der Waals surface area contributed by atoms with Gasteiger partial charge in [-0.1, -0.05) is 12.1 Å². The van der Waals surface area contributed by atoms with Crippen molar-refractivity contribution < 1.29 is 8.42 Å². The third kappa shape index (κ3) is 3.04. The van der Waals surface area contributed by atoms with E-state index in [1.165, 1.54) is 0 Å². The molecule has 28 heavy (non-hydrogen) atoms. The van der Waals surface area contributed by atoms with Crippen LogP contribution in [0.15, 0.2) is 29.2 Å². The molecule has 1 aromatic carbocycles. The summed E-state index contributed by atoms with van der Waals surface area (Å²) >= 11 is 0. The van der Waals surface area contributed by atoms with Crippen LogP contribution < -0.4 is 0 Å². The van der Waals surface area contributed by atoms with Gasteiger partial charge < -0.3 is 4.57 Å². The van der Waals surface area contributed by atoms with Gasteiger partial charge in [-0.3, -0.25) is 5.10 Å². The number of fused-ring (bicyclic) bond motifs is 1. The van der Waals surface area contributed by atoms with E-state index in [-0.39, 0.29) is 12.0 Å². The highest BCUT2D eigenvalue weighted by Crippen LogP contribution is 2.34. The number of nitrogens with zero attached hydrogens (tertiary/aromatic N) is 4. The van der Waals surface area contributed by atoms with Crippen LogP contribution in [0.5, 0.6) is 0 Å². The Labute approximate surface area is 165 Å². The number of nitrogens with one attached hydrogen (secondary N) is 1. The minimum atomic E-state index is -3.58. The highest BCUT2D eigenvalue weighted by Gasteiger charge is 2.35. The number of sulfonamides is 1. The first-order valence-corrected chi connectivity index (χ1v) is 11.2. The number of aryl methyl sites for hydroxylation is 2. The van der Waals surface area contributed by atoms with Gasteiger partial charge >= 0.3 is 0 Å². The third-order valence-electron chi connectivity index (χ3n) is 5.55. The maximum atomic E-state index is 13.3. The molecule has 3 aromatic rings. The van der Waals surface area contributed by atoms with Gasteiger partial charge in [0.1, 0.15) is 10.7 Å². The van der Waals surface area contributed by atoms with Gasteiger partial charge in [0.2, 0.25) is 10.0 Å². The zero-order chi connectivity index (χ0) is 20.1. The van der Waals surface area contributed by atoms with Crippen molar-refractivity contribution in [1.82, 2.24) is 24.1 Å². The fourth-order valence-corrected chi connectivity index (χ4v) is 6.17. The second-order valence-electron chi connectivity index (χ2n) is 7.89. The average Bonchev–Trinajstić information content (AvgIpc) is 3.22. The van der Waals surface area contributed by atoms with Gasteiger partial charge in [-0.15, -0.1) is 0 Å². The highest BCUT2D eigenvalue weighted by atomic mass is 32.2. The second-order valence-corrected chi connectivity index (χ2v) is 9.76. The number of aromatic nitrogens is 4. The van der Waals surface area contributed by atoms with Crippen molar-refractivity contribution in [3.05, 3.63) is 41.5 Å². The van der Waals surface area contributed by atoms with Crippen molar-refractivity contribution in [3.8, 4) is 0 Å². The number of piperidine rings is 1. The zero-order valence-corrected chi connectivity index (χ0v) is 17.6. The fourth-order valence-electron chi connectivity index (χ4n) is 4.32. The van der Waals surface area contributed by atoms with Gasteiger partial charge in [0.15, 0.2) is 0 Å². The number of rotatable bonds is 4. The molecule has 0 radical (unpaired) electrons. The molecular weight excluding hydrogens is 374 g/mol. The van der Waals surface area contributed by atoms with E-state index < -0.39 is 10.0 Å². The minimum Gasteiger partial charge on any atom is -0.325 e. The van der Waals surface area contributed by atoms with E-state index in [0.717, 1.165) is 29.7 Å². The molecular formula is C20H27N5O2S. The van der Waals surface area contributed by atoms with Gasteiger partial charge in [-0.2, -0.15) is 9.40 Å². The first kappa shape index (κ1) is 19.1. The lowest BCUT2D eigenvalue weighted by Gasteiger charge is -2.32. The van der Waals surface area contributed by atoms with Crippen molar-refractivity contribution in [2.75, 3.05) is 13.1 Å². The third-order valence-corrected chi connectivity index (χ3v) is 7.68. The summed E-state index contributed by atoms with van der Waals surface area (Å²) < 4.78 is 30.5. The van der Waals surface area contributed by atoms with Gasteiger partial charge in [0.05, 0.1) is 22.4 Å². The Morgan fingerprint density at radius 2 is 1.96 bits per heavy atom. The average molecular weight is 402 g/mol. The number of hydrogen-bond donors (Lipinski definition) is 1. The lowest BCUT2D eigenvalue weighted by atomic mass is 9.98. The lowest BCUT2D eigenvalue weighted by Crippen LogP contribution is -2.40. The summed E-state index contributed by atoms with van der Waals surface area (Å²) in [6, 6.07) is 8.38. The standard InChI is InChI=1S/C20H27N5O2S/c1-13(2)25-18-10-6-5-9-17(18)21-20(25)16-8-7-11-24(12-16)28(26,27)19-14(3)22-23-15(19)4/h5-6,9-10,13,16H,7-8,11-12H2,1-4H3,(H,22,23)/t16-/m0/s1. The SMILES string of the molecule is Cc1n[nH]c(C)c1S(=O)(=O)N1CCC[C@H](c2nc3ccccc3n2C(C)C)C1. The molecule has 0 bridgehead atoms. The fraction of sp³-hybridized carbons (Fsp3) is 0.500. The zero-order valence-electron chi connectivity index (χ0n) is 16.8. The molecule has 8 heteroatoms. The van der Waals surface area contributed by atoms with Gasteiger partial charge in [-0.25, -0.2) is 13.4 Å². The van der Waals surface area contributed by atoms with Crippen LogP contribution >= 0.6 is 0 Å². The molecule has 4 rings (SSSR count). The molecule has 1 aliphatic rings. The van der Waals surface area contributed by atoms with E-state index in [2.05, 4.69) is 34.7 Å². The topological polar surface area (TPSA) is 83.9 Å². The van der Waals surface area contributed by atoms with Crippen molar-refractivity contribution in [2.45, 2.75) is 57.4 Å². The van der Waals surface area contributed by atoms with Crippen molar-refractivity contribution in [1.29, 1.82) is 0 Å². The first-order valence-electron chi connectivity index (χ1n) is 9.79. The Morgan fingerprint density at radius 1 is 1.21 bits per heavy atom. The Morgan fingerprint density at radius 3 is 2.64 bits per heavy atom. The molecule has 3 heterocycles. The monoisotopic (exact) mass is 401 g/mol. The summed E-state index contributed by atoms with van der Waals surface area (Å²) in [6.45, 7) is 8.76. The predicted octanol–water partition coefficient (Wildman–Crippen LogP) is 3.53. The smallest absolute Gasteiger partial charge is 0.246 e. The maximum absolute atomic E-state index is 13.3. The molecule has 7 nitrogen and oxygen atoms in total. The van der Waals surface area contributed by atoms with E-state index in [0.29, 0.717) is 29.4 Å². The Hall–Kier alpha value is -2.19. The minimum absolute atomic E-state index is 0.0749. The van der Waals surface area contributed by atoms with Gasteiger partial charge in [-0.05, 0) is 52.7 Å². The summed E-state index contributed by atoms with van der Waals surface area (Å²) in [5, 5.41) is 6.87. The Balaban J connectivity index is 1.72. The van der Waals surface area contributed by atoms with Crippen molar-refractivity contribution in [3.63, 3.8) is 0 Å². The highest BCUT2D eigenvalue weighted by molar-refractivity contribution is 7.89. The van der Waals surface area contributed by atoms with Crippen molar-refractivity contribution >= 4 is 21.1 Å². The largest absolute Gasteiger partial charge is 0.325 e. The summed E-state index contributed by atoms with van der Waals surface area (Å²) in [6.07, 6.45) is 1.76. The van der Waals surface area contributed by atoms with Gasteiger partial charge in [0.25, 0.3) is 0 Å². The quantitative estimate of drug-likeness (QED) is 0.725. The van der Waals surface area contributed by atoms with Crippen LogP contribution in [0.3, 0.4) is 0 Å². The molecule has 1 saturated heterocycles. The predicted molar refractivity (Wildman–Crippen MR) is 109 cm³/mol. The molecule has 150 valence electrons. The van der Waals surface area contributed by atoms with Crippen LogP contribution in [0, 0.1) is 13.8 Å². The molecule has 1 aliphatic heterocycles. The van der Waals surface area contributed by atoms with E-state index in [9.17, 15) is 8.42 Å². The molecule has 0 aliphatic carbocycles. The van der Waals surface area contributed by atoms with E-state index in [1.807, 2.05) is 18.2 Å². The summed E-state index contributed by atoms with van der Waals surface area (Å²) in [5.41, 5.74) is 3.18. The summed E-state index contributed by atoms with van der Waals surface area (Å²) in [5.74, 6) is 1.06. The van der Waals surface area contributed by atoms with Crippen LogP contribution in [0.4, 0.5) is 0 Å². The van der Waals surface area contributed by atoms with Crippen LogP contribution in [0.2, 0.25) is 0 Å². The molecule has 1 N–H and O–H groups in total. The molecule has 0 spiro atoms. The van der Waals surface area contributed by atoms with E-state index >= 15 is 0 Å².